The second-order valence-electron chi connectivity index (χ2n) is 5.38. The third kappa shape index (κ3) is 4.59. The van der Waals surface area contributed by atoms with Gasteiger partial charge in [-0.25, -0.2) is 4.39 Å². The lowest BCUT2D eigenvalue weighted by molar-refractivity contribution is 0.300. The Balaban J connectivity index is 1.53. The van der Waals surface area contributed by atoms with E-state index in [4.69, 9.17) is 4.74 Å². The van der Waals surface area contributed by atoms with E-state index in [1.54, 1.807) is 18.2 Å². The second kappa shape index (κ2) is 7.97. The highest BCUT2D eigenvalue weighted by atomic mass is 79.9. The molecule has 0 heterocycles. The number of hydrogen-bond donors (Lipinski definition) is 1. The molecule has 3 aromatic carbocycles. The molecule has 0 aliphatic heterocycles. The maximum absolute atomic E-state index is 13.6. The molecule has 0 saturated heterocycles. The first-order valence-electron chi connectivity index (χ1n) is 7.65. The van der Waals surface area contributed by atoms with Crippen LogP contribution in [0.25, 0.3) is 0 Å². The highest BCUT2D eigenvalue weighted by molar-refractivity contribution is 9.10. The summed E-state index contributed by atoms with van der Waals surface area (Å²) in [6, 6.07) is 22.5. The number of hydrogen-bond acceptors (Lipinski definition) is 2. The molecule has 3 rings (SSSR count). The molecular formula is C20H17BrFNO. The summed E-state index contributed by atoms with van der Waals surface area (Å²) in [7, 11) is 0. The van der Waals surface area contributed by atoms with Gasteiger partial charge in [-0.2, -0.15) is 0 Å². The Bertz CT molecular complexity index is 787. The van der Waals surface area contributed by atoms with E-state index in [0.29, 0.717) is 5.56 Å². The molecule has 0 aliphatic rings. The number of rotatable bonds is 6. The summed E-state index contributed by atoms with van der Waals surface area (Å²) < 4.78 is 20.2. The van der Waals surface area contributed by atoms with Gasteiger partial charge in [-0.1, -0.05) is 46.3 Å². The van der Waals surface area contributed by atoms with Crippen LogP contribution < -0.4 is 10.1 Å². The summed E-state index contributed by atoms with van der Waals surface area (Å²) in [5.74, 6) is 0.485. The lowest BCUT2D eigenvalue weighted by atomic mass is 10.2. The largest absolute Gasteiger partial charge is 0.489 e. The number of halogens is 2. The number of nitrogens with one attached hydrogen (secondary N) is 1. The van der Waals surface area contributed by atoms with Gasteiger partial charge in [0.15, 0.2) is 0 Å². The molecule has 0 aliphatic carbocycles. The quantitative estimate of drug-likeness (QED) is 0.580. The highest BCUT2D eigenvalue weighted by Crippen LogP contribution is 2.18. The van der Waals surface area contributed by atoms with Crippen LogP contribution in [0.2, 0.25) is 0 Å². The van der Waals surface area contributed by atoms with E-state index in [1.807, 2.05) is 48.5 Å². The summed E-state index contributed by atoms with van der Waals surface area (Å²) in [4.78, 5) is 0. The van der Waals surface area contributed by atoms with E-state index in [2.05, 4.69) is 21.2 Å². The first kappa shape index (κ1) is 16.5. The van der Waals surface area contributed by atoms with Crippen LogP contribution in [0.5, 0.6) is 5.75 Å². The summed E-state index contributed by atoms with van der Waals surface area (Å²) in [6.07, 6.45) is 0. The van der Waals surface area contributed by atoms with Crippen molar-refractivity contribution in [2.45, 2.75) is 13.2 Å². The van der Waals surface area contributed by atoms with Crippen LogP contribution in [-0.2, 0) is 13.2 Å². The van der Waals surface area contributed by atoms with Crippen LogP contribution in [0.1, 0.15) is 11.1 Å². The zero-order valence-corrected chi connectivity index (χ0v) is 14.6. The monoisotopic (exact) mass is 385 g/mol. The van der Waals surface area contributed by atoms with Crippen molar-refractivity contribution in [1.29, 1.82) is 0 Å². The van der Waals surface area contributed by atoms with E-state index in [1.165, 1.54) is 6.07 Å². The molecule has 0 radical (unpaired) electrons. The summed E-state index contributed by atoms with van der Waals surface area (Å²) >= 11 is 3.42. The topological polar surface area (TPSA) is 21.3 Å². The van der Waals surface area contributed by atoms with E-state index in [-0.39, 0.29) is 12.4 Å². The highest BCUT2D eigenvalue weighted by Gasteiger charge is 2.02. The van der Waals surface area contributed by atoms with Gasteiger partial charge >= 0.3 is 0 Å². The number of benzene rings is 3. The van der Waals surface area contributed by atoms with Gasteiger partial charge in [-0.15, -0.1) is 0 Å². The summed E-state index contributed by atoms with van der Waals surface area (Å²) in [5.41, 5.74) is 2.77. The molecule has 2 nitrogen and oxygen atoms in total. The molecule has 4 heteroatoms. The van der Waals surface area contributed by atoms with Crippen molar-refractivity contribution >= 4 is 21.6 Å². The average Bonchev–Trinajstić information content (AvgIpc) is 2.61. The molecule has 0 bridgehead atoms. The van der Waals surface area contributed by atoms with Crippen LogP contribution in [0.3, 0.4) is 0 Å². The number of anilines is 1. The maximum atomic E-state index is 13.6. The molecule has 0 atom stereocenters. The summed E-state index contributed by atoms with van der Waals surface area (Å²) in [5, 5.41) is 3.36. The molecule has 0 aromatic heterocycles. The lowest BCUT2D eigenvalue weighted by Gasteiger charge is -2.09. The first-order valence-corrected chi connectivity index (χ1v) is 8.44. The molecule has 24 heavy (non-hydrogen) atoms. The molecule has 3 aromatic rings. The van der Waals surface area contributed by atoms with E-state index < -0.39 is 0 Å². The molecule has 0 amide bonds. The van der Waals surface area contributed by atoms with Crippen molar-refractivity contribution in [3.05, 3.63) is 94.2 Å². The van der Waals surface area contributed by atoms with Gasteiger partial charge in [0.2, 0.25) is 0 Å². The fraction of sp³-hybridized carbons (Fsp3) is 0.100. The van der Waals surface area contributed by atoms with Gasteiger partial charge in [0, 0.05) is 22.3 Å². The Morgan fingerprint density at radius 2 is 1.58 bits per heavy atom. The second-order valence-corrected chi connectivity index (χ2v) is 6.30. The maximum Gasteiger partial charge on any atom is 0.129 e. The molecule has 0 spiro atoms. The van der Waals surface area contributed by atoms with E-state index >= 15 is 0 Å². The Kier molecular flexibility index (Phi) is 5.49. The Hall–Kier alpha value is -2.33. The van der Waals surface area contributed by atoms with Gasteiger partial charge in [-0.05, 0) is 48.0 Å². The van der Waals surface area contributed by atoms with Crippen LogP contribution in [-0.4, -0.2) is 0 Å². The Labute approximate surface area is 149 Å². The summed E-state index contributed by atoms with van der Waals surface area (Å²) in [6.45, 7) is 0.957. The standard InChI is InChI=1S/C20H17BrFNO/c21-17-7-9-18(10-8-17)23-13-15-5-11-19(12-6-15)24-14-16-3-1-2-4-20(16)22/h1-12,23H,13-14H2. The molecule has 0 fully saturated rings. The SMILES string of the molecule is Fc1ccccc1COc1ccc(CNc2ccc(Br)cc2)cc1. The molecular weight excluding hydrogens is 369 g/mol. The molecule has 1 N–H and O–H groups in total. The minimum atomic E-state index is -0.243. The van der Waals surface area contributed by atoms with Crippen molar-refractivity contribution < 1.29 is 9.13 Å². The van der Waals surface area contributed by atoms with Crippen LogP contribution in [0, 0.1) is 5.82 Å². The van der Waals surface area contributed by atoms with Crippen molar-refractivity contribution in [2.24, 2.45) is 0 Å². The average molecular weight is 386 g/mol. The van der Waals surface area contributed by atoms with Crippen molar-refractivity contribution in [2.75, 3.05) is 5.32 Å². The molecule has 122 valence electrons. The van der Waals surface area contributed by atoms with Gasteiger partial charge in [0.05, 0.1) is 0 Å². The third-order valence-corrected chi connectivity index (χ3v) is 4.15. The fourth-order valence-electron chi connectivity index (χ4n) is 2.25. The van der Waals surface area contributed by atoms with Gasteiger partial charge in [0.1, 0.15) is 18.2 Å². The first-order chi connectivity index (χ1) is 11.7. The van der Waals surface area contributed by atoms with Crippen molar-refractivity contribution in [1.82, 2.24) is 0 Å². The smallest absolute Gasteiger partial charge is 0.129 e. The van der Waals surface area contributed by atoms with Gasteiger partial charge in [-0.3, -0.25) is 0 Å². The minimum absolute atomic E-state index is 0.225. The number of ether oxygens (including phenoxy) is 1. The lowest BCUT2D eigenvalue weighted by Crippen LogP contribution is -2.00. The van der Waals surface area contributed by atoms with Crippen LogP contribution >= 0.6 is 15.9 Å². The minimum Gasteiger partial charge on any atom is -0.489 e. The zero-order valence-electron chi connectivity index (χ0n) is 13.0. The van der Waals surface area contributed by atoms with Crippen molar-refractivity contribution in [3.8, 4) is 5.75 Å². The Morgan fingerprint density at radius 3 is 2.29 bits per heavy atom. The van der Waals surface area contributed by atoms with Crippen LogP contribution in [0.15, 0.2) is 77.3 Å². The predicted molar refractivity (Wildman–Crippen MR) is 98.6 cm³/mol. The van der Waals surface area contributed by atoms with Gasteiger partial charge < -0.3 is 10.1 Å². The van der Waals surface area contributed by atoms with E-state index in [9.17, 15) is 4.39 Å². The third-order valence-electron chi connectivity index (χ3n) is 3.62. The Morgan fingerprint density at radius 1 is 0.875 bits per heavy atom. The predicted octanol–water partition coefficient (Wildman–Crippen LogP) is 5.78. The zero-order chi connectivity index (χ0) is 16.8. The normalized spacial score (nSPS) is 10.4. The molecule has 0 saturated carbocycles. The fourth-order valence-corrected chi connectivity index (χ4v) is 2.52. The van der Waals surface area contributed by atoms with E-state index in [0.717, 1.165) is 28.0 Å². The molecule has 0 unspecified atom stereocenters. The van der Waals surface area contributed by atoms with Crippen LogP contribution in [0.4, 0.5) is 10.1 Å². The van der Waals surface area contributed by atoms with Gasteiger partial charge in [0.25, 0.3) is 0 Å². The van der Waals surface area contributed by atoms with Crippen molar-refractivity contribution in [3.63, 3.8) is 0 Å².